The van der Waals surface area contributed by atoms with Crippen LogP contribution in [0, 0.1) is 6.92 Å². The van der Waals surface area contributed by atoms with E-state index in [-0.39, 0.29) is 6.42 Å². The molecule has 0 aliphatic rings. The van der Waals surface area contributed by atoms with Crippen LogP contribution in [0.25, 0.3) is 0 Å². The molecule has 0 heterocycles. The second-order valence-corrected chi connectivity index (χ2v) is 4.55. The first-order valence-electron chi connectivity index (χ1n) is 6.65. The number of methoxy groups -OCH3 is 2. The SMILES string of the molecule is COc1cc(C)cc(OC)c1OCCCCCC(=O)O. The highest BCUT2D eigenvalue weighted by atomic mass is 16.5. The molecule has 1 rings (SSSR count). The van der Waals surface area contributed by atoms with E-state index in [1.54, 1.807) is 14.2 Å². The van der Waals surface area contributed by atoms with Crippen LogP contribution in [0.3, 0.4) is 0 Å². The van der Waals surface area contributed by atoms with Gasteiger partial charge in [-0.1, -0.05) is 0 Å². The number of ether oxygens (including phenoxy) is 3. The van der Waals surface area contributed by atoms with Gasteiger partial charge >= 0.3 is 5.97 Å². The molecule has 0 unspecified atom stereocenters. The van der Waals surface area contributed by atoms with Gasteiger partial charge in [0.05, 0.1) is 20.8 Å². The molecule has 1 aromatic carbocycles. The number of carbonyl (C=O) groups is 1. The van der Waals surface area contributed by atoms with Gasteiger partial charge in [-0.3, -0.25) is 4.79 Å². The van der Waals surface area contributed by atoms with Crippen LogP contribution in [0.4, 0.5) is 0 Å². The van der Waals surface area contributed by atoms with E-state index in [0.717, 1.165) is 18.4 Å². The smallest absolute Gasteiger partial charge is 0.303 e. The third-order valence-corrected chi connectivity index (χ3v) is 2.89. The number of benzene rings is 1. The van der Waals surface area contributed by atoms with Gasteiger partial charge in [-0.05, 0) is 43.9 Å². The summed E-state index contributed by atoms with van der Waals surface area (Å²) in [5.41, 5.74) is 1.03. The standard InChI is InChI=1S/C15H22O5/c1-11-9-12(18-2)15(13(10-11)19-3)20-8-6-4-5-7-14(16)17/h9-10H,4-8H2,1-3H3,(H,16,17). The Labute approximate surface area is 119 Å². The number of carboxylic acids is 1. The van der Waals surface area contributed by atoms with E-state index in [1.807, 2.05) is 19.1 Å². The van der Waals surface area contributed by atoms with Crippen molar-refractivity contribution < 1.29 is 24.1 Å². The van der Waals surface area contributed by atoms with Gasteiger partial charge in [0.15, 0.2) is 11.5 Å². The molecule has 1 N–H and O–H groups in total. The summed E-state index contributed by atoms with van der Waals surface area (Å²) in [5.74, 6) is 1.13. The first kappa shape index (κ1) is 16.1. The van der Waals surface area contributed by atoms with Crippen molar-refractivity contribution in [2.24, 2.45) is 0 Å². The van der Waals surface area contributed by atoms with Crippen molar-refractivity contribution in [2.45, 2.75) is 32.6 Å². The molecular formula is C15H22O5. The van der Waals surface area contributed by atoms with Crippen molar-refractivity contribution in [3.8, 4) is 17.2 Å². The second-order valence-electron chi connectivity index (χ2n) is 4.55. The van der Waals surface area contributed by atoms with E-state index in [9.17, 15) is 4.79 Å². The Bertz CT molecular complexity index is 417. The van der Waals surface area contributed by atoms with Gasteiger partial charge in [0.1, 0.15) is 0 Å². The molecule has 0 aliphatic carbocycles. The number of aliphatic carboxylic acids is 1. The number of carboxylic acid groups (broad SMARTS) is 1. The fraction of sp³-hybridized carbons (Fsp3) is 0.533. The largest absolute Gasteiger partial charge is 0.493 e. The van der Waals surface area contributed by atoms with E-state index < -0.39 is 5.97 Å². The lowest BCUT2D eigenvalue weighted by Crippen LogP contribution is -2.02. The van der Waals surface area contributed by atoms with Crippen molar-refractivity contribution in [1.82, 2.24) is 0 Å². The maximum atomic E-state index is 10.4. The minimum atomic E-state index is -0.757. The zero-order valence-corrected chi connectivity index (χ0v) is 12.3. The number of aryl methyl sites for hydroxylation is 1. The quantitative estimate of drug-likeness (QED) is 0.705. The van der Waals surface area contributed by atoms with Gasteiger partial charge in [0, 0.05) is 6.42 Å². The highest BCUT2D eigenvalue weighted by Gasteiger charge is 2.12. The summed E-state index contributed by atoms with van der Waals surface area (Å²) in [4.78, 5) is 10.4. The van der Waals surface area contributed by atoms with Crippen LogP contribution >= 0.6 is 0 Å². The van der Waals surface area contributed by atoms with Gasteiger partial charge in [0.2, 0.25) is 5.75 Å². The van der Waals surface area contributed by atoms with E-state index >= 15 is 0 Å². The van der Waals surface area contributed by atoms with Crippen LogP contribution in [-0.2, 0) is 4.79 Å². The lowest BCUT2D eigenvalue weighted by Gasteiger charge is -2.15. The predicted molar refractivity (Wildman–Crippen MR) is 75.9 cm³/mol. The molecule has 20 heavy (non-hydrogen) atoms. The Morgan fingerprint density at radius 2 is 1.70 bits per heavy atom. The summed E-state index contributed by atoms with van der Waals surface area (Å²) in [5, 5.41) is 8.55. The van der Waals surface area contributed by atoms with Crippen molar-refractivity contribution in [1.29, 1.82) is 0 Å². The van der Waals surface area contributed by atoms with Crippen LogP contribution < -0.4 is 14.2 Å². The third kappa shape index (κ3) is 4.99. The zero-order chi connectivity index (χ0) is 15.0. The maximum absolute atomic E-state index is 10.4. The average Bonchev–Trinajstić information content (AvgIpc) is 2.42. The highest BCUT2D eigenvalue weighted by molar-refractivity contribution is 5.66. The Morgan fingerprint density at radius 3 is 2.20 bits per heavy atom. The van der Waals surface area contributed by atoms with Crippen LogP contribution in [0.15, 0.2) is 12.1 Å². The molecule has 0 aliphatic heterocycles. The molecule has 0 fully saturated rings. The van der Waals surface area contributed by atoms with Crippen molar-refractivity contribution in [2.75, 3.05) is 20.8 Å². The fourth-order valence-corrected chi connectivity index (χ4v) is 1.88. The molecule has 0 saturated carbocycles. The third-order valence-electron chi connectivity index (χ3n) is 2.89. The lowest BCUT2D eigenvalue weighted by atomic mass is 10.2. The molecule has 0 spiro atoms. The molecule has 0 bridgehead atoms. The summed E-state index contributed by atoms with van der Waals surface area (Å²) in [6.45, 7) is 2.47. The number of hydrogen-bond donors (Lipinski definition) is 1. The molecule has 5 nitrogen and oxygen atoms in total. The van der Waals surface area contributed by atoms with E-state index in [2.05, 4.69) is 0 Å². The average molecular weight is 282 g/mol. The molecule has 1 aromatic rings. The Hall–Kier alpha value is -1.91. The van der Waals surface area contributed by atoms with Crippen molar-refractivity contribution >= 4 is 5.97 Å². The van der Waals surface area contributed by atoms with Crippen LogP contribution in [0.2, 0.25) is 0 Å². The normalized spacial score (nSPS) is 10.2. The number of rotatable bonds is 9. The van der Waals surface area contributed by atoms with Gasteiger partial charge in [-0.25, -0.2) is 0 Å². The zero-order valence-electron chi connectivity index (χ0n) is 12.3. The Morgan fingerprint density at radius 1 is 1.10 bits per heavy atom. The van der Waals surface area contributed by atoms with Crippen molar-refractivity contribution in [3.63, 3.8) is 0 Å². The molecule has 112 valence electrons. The van der Waals surface area contributed by atoms with Gasteiger partial charge in [-0.2, -0.15) is 0 Å². The van der Waals surface area contributed by atoms with E-state index in [1.165, 1.54) is 0 Å². The summed E-state index contributed by atoms with van der Waals surface area (Å²) in [7, 11) is 3.18. The predicted octanol–water partition coefficient (Wildman–Crippen LogP) is 3.04. The molecular weight excluding hydrogens is 260 g/mol. The summed E-state index contributed by atoms with van der Waals surface area (Å²) < 4.78 is 16.3. The van der Waals surface area contributed by atoms with Crippen LogP contribution in [0.5, 0.6) is 17.2 Å². The molecule has 0 atom stereocenters. The van der Waals surface area contributed by atoms with Gasteiger partial charge in [-0.15, -0.1) is 0 Å². The monoisotopic (exact) mass is 282 g/mol. The second kappa shape index (κ2) is 8.30. The number of unbranched alkanes of at least 4 members (excludes halogenated alkanes) is 2. The lowest BCUT2D eigenvalue weighted by molar-refractivity contribution is -0.137. The van der Waals surface area contributed by atoms with Gasteiger partial charge in [0.25, 0.3) is 0 Å². The first-order valence-corrected chi connectivity index (χ1v) is 6.65. The van der Waals surface area contributed by atoms with Crippen molar-refractivity contribution in [3.05, 3.63) is 17.7 Å². The minimum absolute atomic E-state index is 0.206. The molecule has 0 saturated heterocycles. The van der Waals surface area contributed by atoms with Gasteiger partial charge < -0.3 is 19.3 Å². The Kier molecular flexibility index (Phi) is 6.70. The summed E-state index contributed by atoms with van der Waals surface area (Å²) in [6, 6.07) is 3.78. The van der Waals surface area contributed by atoms with Crippen LogP contribution in [0.1, 0.15) is 31.2 Å². The summed E-state index contributed by atoms with van der Waals surface area (Å²) >= 11 is 0. The highest BCUT2D eigenvalue weighted by Crippen LogP contribution is 2.38. The first-order chi connectivity index (χ1) is 9.58. The topological polar surface area (TPSA) is 65.0 Å². The van der Waals surface area contributed by atoms with E-state index in [4.69, 9.17) is 19.3 Å². The number of hydrogen-bond acceptors (Lipinski definition) is 4. The molecule has 0 aromatic heterocycles. The van der Waals surface area contributed by atoms with Crippen LogP contribution in [-0.4, -0.2) is 31.9 Å². The minimum Gasteiger partial charge on any atom is -0.493 e. The van der Waals surface area contributed by atoms with E-state index in [0.29, 0.717) is 30.3 Å². The summed E-state index contributed by atoms with van der Waals surface area (Å²) in [6.07, 6.45) is 2.49. The molecule has 0 radical (unpaired) electrons. The maximum Gasteiger partial charge on any atom is 0.303 e. The molecule has 5 heteroatoms. The fourth-order valence-electron chi connectivity index (χ4n) is 1.88. The Balaban J connectivity index is 2.52. The molecule has 0 amide bonds.